The summed E-state index contributed by atoms with van der Waals surface area (Å²) < 4.78 is 1.74. The number of aryl methyl sites for hydroxylation is 2. The van der Waals surface area contributed by atoms with Gasteiger partial charge in [-0.15, -0.1) is 0 Å². The molecule has 0 aromatic carbocycles. The van der Waals surface area contributed by atoms with E-state index in [1.165, 1.54) is 6.92 Å². The molecule has 0 fully saturated rings. The van der Waals surface area contributed by atoms with Crippen LogP contribution in [-0.4, -0.2) is 15.7 Å². The quantitative estimate of drug-likeness (QED) is 0.778. The Morgan fingerprint density at radius 2 is 2.14 bits per heavy atom. The highest BCUT2D eigenvalue weighted by atomic mass is 16.1. The van der Waals surface area contributed by atoms with Crippen LogP contribution in [0.3, 0.4) is 0 Å². The van der Waals surface area contributed by atoms with Crippen LogP contribution in [0.2, 0.25) is 0 Å². The molecular weight excluding hydrogens is 178 g/mol. The molecule has 1 aromatic rings. The molecule has 1 rings (SSSR count). The van der Waals surface area contributed by atoms with E-state index in [2.05, 4.69) is 10.4 Å². The number of hydrogen-bond acceptors (Lipinski definition) is 2. The van der Waals surface area contributed by atoms with E-state index in [9.17, 15) is 4.79 Å². The second kappa shape index (κ2) is 6.18. The molecule has 1 heterocycles. The highest BCUT2D eigenvalue weighted by molar-refractivity contribution is 5.72. The molecule has 0 unspecified atom stereocenters. The molecule has 4 nitrogen and oxygen atoms in total. The van der Waals surface area contributed by atoms with E-state index in [4.69, 9.17) is 0 Å². The highest BCUT2D eigenvalue weighted by Crippen LogP contribution is 2.02. The van der Waals surface area contributed by atoms with Crippen molar-refractivity contribution in [2.75, 3.05) is 0 Å². The Hall–Kier alpha value is -1.32. The molecule has 0 saturated carbocycles. The third-order valence-electron chi connectivity index (χ3n) is 1.62. The molecule has 1 aromatic heterocycles. The first kappa shape index (κ1) is 12.7. The van der Waals surface area contributed by atoms with Crippen LogP contribution in [0.15, 0.2) is 6.20 Å². The number of aromatic nitrogens is 2. The van der Waals surface area contributed by atoms with E-state index < -0.39 is 0 Å². The van der Waals surface area contributed by atoms with Crippen molar-refractivity contribution >= 4 is 5.91 Å². The molecule has 0 radical (unpaired) electrons. The summed E-state index contributed by atoms with van der Waals surface area (Å²) in [5.74, 6) is -0.0277. The summed E-state index contributed by atoms with van der Waals surface area (Å²) in [5.41, 5.74) is 2.03. The van der Waals surface area contributed by atoms with E-state index in [-0.39, 0.29) is 5.91 Å². The lowest BCUT2D eigenvalue weighted by atomic mass is 10.3. The van der Waals surface area contributed by atoms with Crippen molar-refractivity contribution in [1.82, 2.24) is 15.1 Å². The number of nitrogens with one attached hydrogen (secondary N) is 1. The van der Waals surface area contributed by atoms with Crippen LogP contribution in [0.4, 0.5) is 0 Å². The summed E-state index contributed by atoms with van der Waals surface area (Å²) in [6.07, 6.45) is 1.93. The number of nitrogens with zero attached hydrogens (tertiary/aromatic N) is 2. The summed E-state index contributed by atoms with van der Waals surface area (Å²) in [4.78, 5) is 10.6. The van der Waals surface area contributed by atoms with E-state index >= 15 is 0 Å². The minimum absolute atomic E-state index is 0.0277. The standard InChI is InChI=1S/C8H13N3O.C2H6/c1-6-5-11(3)10-8(6)4-9-7(2)12;1-2/h5H,4H2,1-3H3,(H,9,12);1-2H3. The molecular formula is C10H19N3O. The third kappa shape index (κ3) is 4.07. The minimum atomic E-state index is -0.0277. The summed E-state index contributed by atoms with van der Waals surface area (Å²) in [6, 6.07) is 0. The summed E-state index contributed by atoms with van der Waals surface area (Å²) >= 11 is 0. The lowest BCUT2D eigenvalue weighted by Gasteiger charge is -1.98. The van der Waals surface area contributed by atoms with Crippen molar-refractivity contribution in [2.24, 2.45) is 7.05 Å². The zero-order chi connectivity index (χ0) is 11.1. The molecule has 0 bridgehead atoms. The summed E-state index contributed by atoms with van der Waals surface area (Å²) in [5, 5.41) is 6.89. The zero-order valence-corrected chi connectivity index (χ0v) is 9.59. The van der Waals surface area contributed by atoms with Gasteiger partial charge in [-0.1, -0.05) is 13.8 Å². The van der Waals surface area contributed by atoms with Gasteiger partial charge >= 0.3 is 0 Å². The van der Waals surface area contributed by atoms with Gasteiger partial charge < -0.3 is 5.32 Å². The van der Waals surface area contributed by atoms with Crippen molar-refractivity contribution in [3.63, 3.8) is 0 Å². The Bertz CT molecular complexity index is 292. The van der Waals surface area contributed by atoms with Gasteiger partial charge in [-0.05, 0) is 12.5 Å². The van der Waals surface area contributed by atoms with Gasteiger partial charge in [0.2, 0.25) is 5.91 Å². The maximum atomic E-state index is 10.6. The fourth-order valence-corrected chi connectivity index (χ4v) is 1.04. The van der Waals surface area contributed by atoms with Crippen LogP contribution in [-0.2, 0) is 18.4 Å². The van der Waals surface area contributed by atoms with Crippen LogP contribution in [0.25, 0.3) is 0 Å². The Morgan fingerprint density at radius 3 is 2.50 bits per heavy atom. The van der Waals surface area contributed by atoms with E-state index in [0.29, 0.717) is 6.54 Å². The average molecular weight is 197 g/mol. The first-order chi connectivity index (χ1) is 6.59. The monoisotopic (exact) mass is 197 g/mol. The van der Waals surface area contributed by atoms with Crippen LogP contribution in [0.1, 0.15) is 32.0 Å². The van der Waals surface area contributed by atoms with Gasteiger partial charge in [0.15, 0.2) is 0 Å². The van der Waals surface area contributed by atoms with E-state index in [0.717, 1.165) is 11.3 Å². The molecule has 0 spiro atoms. The van der Waals surface area contributed by atoms with Crippen LogP contribution in [0, 0.1) is 6.92 Å². The second-order valence-corrected chi connectivity index (χ2v) is 2.84. The lowest BCUT2D eigenvalue weighted by molar-refractivity contribution is -0.119. The Morgan fingerprint density at radius 1 is 1.57 bits per heavy atom. The number of carbonyl (C=O) groups is 1. The van der Waals surface area contributed by atoms with Crippen LogP contribution in [0.5, 0.6) is 0 Å². The molecule has 4 heteroatoms. The van der Waals surface area contributed by atoms with Crippen LogP contribution < -0.4 is 5.32 Å². The Balaban J connectivity index is 0.000000791. The fourth-order valence-electron chi connectivity index (χ4n) is 1.04. The topological polar surface area (TPSA) is 46.9 Å². The predicted molar refractivity (Wildman–Crippen MR) is 56.8 cm³/mol. The largest absolute Gasteiger partial charge is 0.351 e. The van der Waals surface area contributed by atoms with Gasteiger partial charge in [-0.25, -0.2) is 0 Å². The number of hydrogen-bond donors (Lipinski definition) is 1. The molecule has 0 aliphatic rings. The van der Waals surface area contributed by atoms with E-state index in [1.54, 1.807) is 4.68 Å². The smallest absolute Gasteiger partial charge is 0.217 e. The van der Waals surface area contributed by atoms with Crippen molar-refractivity contribution in [1.29, 1.82) is 0 Å². The Labute approximate surface area is 85.3 Å². The van der Waals surface area contributed by atoms with Gasteiger partial charge in [0.1, 0.15) is 0 Å². The lowest BCUT2D eigenvalue weighted by Crippen LogP contribution is -2.19. The van der Waals surface area contributed by atoms with Gasteiger partial charge in [0.25, 0.3) is 0 Å². The molecule has 0 aliphatic heterocycles. The number of amides is 1. The Kier molecular flexibility index (Phi) is 5.60. The first-order valence-corrected chi connectivity index (χ1v) is 4.83. The van der Waals surface area contributed by atoms with Gasteiger partial charge in [0.05, 0.1) is 12.2 Å². The molecule has 14 heavy (non-hydrogen) atoms. The molecule has 1 N–H and O–H groups in total. The molecule has 0 saturated heterocycles. The second-order valence-electron chi connectivity index (χ2n) is 2.84. The van der Waals surface area contributed by atoms with Crippen molar-refractivity contribution < 1.29 is 4.79 Å². The molecule has 80 valence electrons. The number of rotatable bonds is 2. The summed E-state index contributed by atoms with van der Waals surface area (Å²) in [6.45, 7) is 7.99. The van der Waals surface area contributed by atoms with Crippen molar-refractivity contribution in [3.8, 4) is 0 Å². The maximum absolute atomic E-state index is 10.6. The van der Waals surface area contributed by atoms with E-state index in [1.807, 2.05) is 34.0 Å². The normalized spacial score (nSPS) is 8.93. The van der Waals surface area contributed by atoms with Gasteiger partial charge in [-0.3, -0.25) is 9.48 Å². The highest BCUT2D eigenvalue weighted by Gasteiger charge is 2.02. The van der Waals surface area contributed by atoms with Gasteiger partial charge in [-0.2, -0.15) is 5.10 Å². The predicted octanol–water partition coefficient (Wildman–Crippen LogP) is 1.39. The zero-order valence-electron chi connectivity index (χ0n) is 9.59. The fraction of sp³-hybridized carbons (Fsp3) is 0.600. The molecule has 1 amide bonds. The summed E-state index contributed by atoms with van der Waals surface area (Å²) in [7, 11) is 1.87. The molecule has 0 aliphatic carbocycles. The van der Waals surface area contributed by atoms with Gasteiger partial charge in [0, 0.05) is 20.2 Å². The third-order valence-corrected chi connectivity index (χ3v) is 1.62. The first-order valence-electron chi connectivity index (χ1n) is 4.83. The van der Waals surface area contributed by atoms with Crippen molar-refractivity contribution in [3.05, 3.63) is 17.5 Å². The number of carbonyl (C=O) groups excluding carboxylic acids is 1. The average Bonchev–Trinajstić information content (AvgIpc) is 2.45. The maximum Gasteiger partial charge on any atom is 0.217 e. The van der Waals surface area contributed by atoms with Crippen molar-refractivity contribution in [2.45, 2.75) is 34.2 Å². The SMILES string of the molecule is CC.CC(=O)NCc1nn(C)cc1C. The molecule has 0 atom stereocenters. The van der Waals surface area contributed by atoms with Crippen LogP contribution >= 0.6 is 0 Å². The minimum Gasteiger partial charge on any atom is -0.351 e.